The first kappa shape index (κ1) is 14.5. The minimum absolute atomic E-state index is 0.00398. The summed E-state index contributed by atoms with van der Waals surface area (Å²) >= 11 is 3.53. The van der Waals surface area contributed by atoms with Crippen molar-refractivity contribution in [3.8, 4) is 5.75 Å². The summed E-state index contributed by atoms with van der Waals surface area (Å²) in [6.45, 7) is 4.63. The standard InChI is InChI=1S/C15H19BrO3/c1-9(2)6-14(17)11-4-5-13(16)12-7-10(8-18-3)19-15(11)12/h4-5,9-10H,6-8H2,1-3H3. The average Bonchev–Trinajstić information content (AvgIpc) is 2.73. The van der Waals surface area contributed by atoms with Crippen molar-refractivity contribution >= 4 is 21.7 Å². The number of hydrogen-bond acceptors (Lipinski definition) is 3. The summed E-state index contributed by atoms with van der Waals surface area (Å²) in [4.78, 5) is 12.3. The first-order valence-corrected chi connectivity index (χ1v) is 7.32. The van der Waals surface area contributed by atoms with Crippen LogP contribution in [0.5, 0.6) is 5.75 Å². The largest absolute Gasteiger partial charge is 0.487 e. The highest BCUT2D eigenvalue weighted by Crippen LogP contribution is 2.38. The molecule has 0 bridgehead atoms. The van der Waals surface area contributed by atoms with Crippen LogP contribution in [-0.2, 0) is 11.2 Å². The van der Waals surface area contributed by atoms with Crippen LogP contribution in [0.4, 0.5) is 0 Å². The van der Waals surface area contributed by atoms with Crippen LogP contribution in [0.3, 0.4) is 0 Å². The topological polar surface area (TPSA) is 35.5 Å². The van der Waals surface area contributed by atoms with E-state index in [1.54, 1.807) is 7.11 Å². The summed E-state index contributed by atoms with van der Waals surface area (Å²) in [6.07, 6.45) is 1.34. The molecule has 1 unspecified atom stereocenters. The molecule has 0 saturated carbocycles. The molecule has 4 heteroatoms. The molecule has 0 N–H and O–H groups in total. The van der Waals surface area contributed by atoms with Gasteiger partial charge in [0.25, 0.3) is 0 Å². The lowest BCUT2D eigenvalue weighted by molar-refractivity contribution is 0.0903. The number of hydrogen-bond donors (Lipinski definition) is 0. The van der Waals surface area contributed by atoms with Crippen molar-refractivity contribution in [2.24, 2.45) is 5.92 Å². The van der Waals surface area contributed by atoms with E-state index in [4.69, 9.17) is 9.47 Å². The average molecular weight is 327 g/mol. The molecule has 19 heavy (non-hydrogen) atoms. The smallest absolute Gasteiger partial charge is 0.166 e. The maximum atomic E-state index is 12.3. The third-order valence-electron chi connectivity index (χ3n) is 3.17. The van der Waals surface area contributed by atoms with Gasteiger partial charge in [-0.25, -0.2) is 0 Å². The van der Waals surface area contributed by atoms with Gasteiger partial charge in [0.2, 0.25) is 0 Å². The van der Waals surface area contributed by atoms with E-state index in [2.05, 4.69) is 15.9 Å². The molecule has 2 rings (SSSR count). The predicted molar refractivity (Wildman–Crippen MR) is 77.9 cm³/mol. The third kappa shape index (κ3) is 3.18. The molecule has 0 fully saturated rings. The molecular formula is C15H19BrO3. The number of carbonyl (C=O) groups is 1. The summed E-state index contributed by atoms with van der Waals surface area (Å²) in [5, 5.41) is 0. The Morgan fingerprint density at radius 2 is 2.26 bits per heavy atom. The maximum absolute atomic E-state index is 12.3. The molecule has 0 amide bonds. The van der Waals surface area contributed by atoms with Crippen molar-refractivity contribution in [2.75, 3.05) is 13.7 Å². The van der Waals surface area contributed by atoms with E-state index in [1.165, 1.54) is 0 Å². The Morgan fingerprint density at radius 1 is 1.53 bits per heavy atom. The first-order chi connectivity index (χ1) is 9.02. The zero-order valence-corrected chi connectivity index (χ0v) is 13.1. The molecule has 1 aliphatic heterocycles. The van der Waals surface area contributed by atoms with Crippen LogP contribution < -0.4 is 4.74 Å². The normalized spacial score (nSPS) is 17.4. The van der Waals surface area contributed by atoms with E-state index in [9.17, 15) is 4.79 Å². The summed E-state index contributed by atoms with van der Waals surface area (Å²) in [7, 11) is 1.66. The summed E-state index contributed by atoms with van der Waals surface area (Å²) in [6, 6.07) is 3.79. The monoisotopic (exact) mass is 326 g/mol. The number of halogens is 1. The van der Waals surface area contributed by atoms with Gasteiger partial charge in [-0.15, -0.1) is 0 Å². The van der Waals surface area contributed by atoms with Crippen LogP contribution in [-0.4, -0.2) is 25.6 Å². The van der Waals surface area contributed by atoms with Crippen molar-refractivity contribution in [3.05, 3.63) is 27.7 Å². The van der Waals surface area contributed by atoms with Crippen LogP contribution in [0.2, 0.25) is 0 Å². The second-order valence-corrected chi connectivity index (χ2v) is 6.18. The van der Waals surface area contributed by atoms with E-state index in [0.29, 0.717) is 24.5 Å². The quantitative estimate of drug-likeness (QED) is 0.775. The van der Waals surface area contributed by atoms with Crippen molar-refractivity contribution in [1.29, 1.82) is 0 Å². The van der Waals surface area contributed by atoms with Crippen molar-refractivity contribution in [1.82, 2.24) is 0 Å². The number of benzene rings is 1. The van der Waals surface area contributed by atoms with Gasteiger partial charge in [-0.2, -0.15) is 0 Å². The summed E-state index contributed by atoms with van der Waals surface area (Å²) in [5.41, 5.74) is 1.78. The van der Waals surface area contributed by atoms with E-state index in [1.807, 2.05) is 26.0 Å². The van der Waals surface area contributed by atoms with Crippen molar-refractivity contribution < 1.29 is 14.3 Å². The van der Waals surface area contributed by atoms with Gasteiger partial charge in [0.1, 0.15) is 11.9 Å². The number of Topliss-reactive ketones (excluding diaryl/α,β-unsaturated/α-hetero) is 1. The number of fused-ring (bicyclic) bond motifs is 1. The maximum Gasteiger partial charge on any atom is 0.166 e. The number of ketones is 1. The molecule has 1 heterocycles. The third-order valence-corrected chi connectivity index (χ3v) is 3.91. The lowest BCUT2D eigenvalue weighted by Crippen LogP contribution is -2.19. The molecule has 0 radical (unpaired) electrons. The van der Waals surface area contributed by atoms with Gasteiger partial charge in [0.15, 0.2) is 5.78 Å². The lowest BCUT2D eigenvalue weighted by Gasteiger charge is -2.12. The fourth-order valence-electron chi connectivity index (χ4n) is 2.34. The van der Waals surface area contributed by atoms with Gasteiger partial charge < -0.3 is 9.47 Å². The van der Waals surface area contributed by atoms with E-state index >= 15 is 0 Å². The Kier molecular flexibility index (Phi) is 4.63. The molecule has 0 saturated heterocycles. The number of methoxy groups -OCH3 is 1. The zero-order valence-electron chi connectivity index (χ0n) is 11.5. The van der Waals surface area contributed by atoms with Gasteiger partial charge in [-0.1, -0.05) is 29.8 Å². The minimum Gasteiger partial charge on any atom is -0.487 e. The fraction of sp³-hybridized carbons (Fsp3) is 0.533. The van der Waals surface area contributed by atoms with Crippen LogP contribution >= 0.6 is 15.9 Å². The minimum atomic E-state index is 0.00398. The van der Waals surface area contributed by atoms with Crippen LogP contribution in [0, 0.1) is 5.92 Å². The molecule has 1 aromatic carbocycles. The van der Waals surface area contributed by atoms with Gasteiger partial charge in [-0.05, 0) is 18.1 Å². The molecule has 0 aliphatic carbocycles. The second-order valence-electron chi connectivity index (χ2n) is 5.32. The van der Waals surface area contributed by atoms with E-state index in [-0.39, 0.29) is 11.9 Å². The molecule has 1 aliphatic rings. The highest BCUT2D eigenvalue weighted by Gasteiger charge is 2.29. The lowest BCUT2D eigenvalue weighted by atomic mass is 9.98. The Labute approximate surface area is 122 Å². The number of rotatable bonds is 5. The highest BCUT2D eigenvalue weighted by molar-refractivity contribution is 9.10. The van der Waals surface area contributed by atoms with Crippen LogP contribution in [0.15, 0.2) is 16.6 Å². The Balaban J connectivity index is 2.29. The van der Waals surface area contributed by atoms with Crippen LogP contribution in [0.1, 0.15) is 36.2 Å². The van der Waals surface area contributed by atoms with Crippen molar-refractivity contribution in [3.63, 3.8) is 0 Å². The van der Waals surface area contributed by atoms with Gasteiger partial charge >= 0.3 is 0 Å². The van der Waals surface area contributed by atoms with E-state index in [0.717, 1.165) is 22.2 Å². The molecule has 1 atom stereocenters. The Bertz CT molecular complexity index is 483. The molecule has 0 spiro atoms. The Morgan fingerprint density at radius 3 is 2.89 bits per heavy atom. The van der Waals surface area contributed by atoms with Gasteiger partial charge in [0.05, 0.1) is 12.2 Å². The highest BCUT2D eigenvalue weighted by atomic mass is 79.9. The number of carbonyl (C=O) groups excluding carboxylic acids is 1. The molecule has 1 aromatic rings. The van der Waals surface area contributed by atoms with Crippen LogP contribution in [0.25, 0.3) is 0 Å². The zero-order chi connectivity index (χ0) is 14.0. The predicted octanol–water partition coefficient (Wildman–Crippen LogP) is 3.63. The second kappa shape index (κ2) is 6.06. The fourth-order valence-corrected chi connectivity index (χ4v) is 2.82. The molecule has 3 nitrogen and oxygen atoms in total. The summed E-state index contributed by atoms with van der Waals surface area (Å²) in [5.74, 6) is 1.24. The first-order valence-electron chi connectivity index (χ1n) is 6.53. The van der Waals surface area contributed by atoms with Gasteiger partial charge in [-0.3, -0.25) is 4.79 Å². The van der Waals surface area contributed by atoms with E-state index < -0.39 is 0 Å². The SMILES string of the molecule is COCC1Cc2c(Br)ccc(C(=O)CC(C)C)c2O1. The van der Waals surface area contributed by atoms with Crippen molar-refractivity contribution in [2.45, 2.75) is 32.8 Å². The molecule has 104 valence electrons. The Hall–Kier alpha value is -0.870. The molecular weight excluding hydrogens is 308 g/mol. The molecule has 0 aromatic heterocycles. The summed E-state index contributed by atoms with van der Waals surface area (Å²) < 4.78 is 12.0. The van der Waals surface area contributed by atoms with Gasteiger partial charge in [0, 0.05) is 30.0 Å². The number of ether oxygens (including phenoxy) is 2.